The van der Waals surface area contributed by atoms with E-state index in [0.717, 1.165) is 17.5 Å². The third-order valence-electron chi connectivity index (χ3n) is 3.88. The van der Waals surface area contributed by atoms with Crippen LogP contribution in [0.5, 0.6) is 0 Å². The number of benzene rings is 1. The van der Waals surface area contributed by atoms with Crippen LogP contribution in [0.2, 0.25) is 0 Å². The third kappa shape index (κ3) is 3.35. The van der Waals surface area contributed by atoms with E-state index in [4.69, 9.17) is 0 Å². The normalized spacial score (nSPS) is 16.4. The van der Waals surface area contributed by atoms with Gasteiger partial charge in [0.05, 0.1) is 0 Å². The van der Waals surface area contributed by atoms with Crippen LogP contribution >= 0.6 is 11.3 Å². The van der Waals surface area contributed by atoms with Crippen molar-refractivity contribution in [2.24, 2.45) is 5.92 Å². The van der Waals surface area contributed by atoms with E-state index in [0.29, 0.717) is 0 Å². The molecule has 1 fully saturated rings. The van der Waals surface area contributed by atoms with Crippen LogP contribution in [0, 0.1) is 5.92 Å². The Bertz CT molecular complexity index is 484. The maximum atomic E-state index is 4.33. The van der Waals surface area contributed by atoms with E-state index >= 15 is 0 Å². The van der Waals surface area contributed by atoms with Crippen molar-refractivity contribution in [2.45, 2.75) is 32.1 Å². The second-order valence-corrected chi connectivity index (χ2v) is 6.19. The molecule has 1 aliphatic carbocycles. The molecule has 1 heterocycles. The van der Waals surface area contributed by atoms with Gasteiger partial charge in [-0.15, -0.1) is 11.3 Å². The maximum Gasteiger partial charge on any atom is 0.123 e. The van der Waals surface area contributed by atoms with E-state index < -0.39 is 0 Å². The second kappa shape index (κ2) is 6.20. The molecular formula is C16H20N2S. The molecule has 0 amide bonds. The number of thiazole rings is 1. The first-order chi connectivity index (χ1) is 9.42. The van der Waals surface area contributed by atoms with Crippen LogP contribution in [0.4, 0.5) is 5.69 Å². The molecule has 2 nitrogen and oxygen atoms in total. The smallest absolute Gasteiger partial charge is 0.123 e. The van der Waals surface area contributed by atoms with Gasteiger partial charge in [-0.2, -0.15) is 0 Å². The Balaban J connectivity index is 1.57. The largest absolute Gasteiger partial charge is 0.385 e. The van der Waals surface area contributed by atoms with Crippen LogP contribution in [-0.4, -0.2) is 11.5 Å². The van der Waals surface area contributed by atoms with E-state index in [2.05, 4.69) is 34.6 Å². The fourth-order valence-electron chi connectivity index (χ4n) is 2.75. The highest BCUT2D eigenvalue weighted by atomic mass is 32.1. The molecule has 3 rings (SSSR count). The van der Waals surface area contributed by atoms with Gasteiger partial charge >= 0.3 is 0 Å². The fraction of sp³-hybridized carbons (Fsp3) is 0.438. The first kappa shape index (κ1) is 12.7. The Kier molecular flexibility index (Phi) is 4.13. The summed E-state index contributed by atoms with van der Waals surface area (Å²) in [6, 6.07) is 8.64. The number of hydrogen-bond acceptors (Lipinski definition) is 3. The molecule has 1 saturated carbocycles. The minimum absolute atomic E-state index is 0.868. The van der Waals surface area contributed by atoms with E-state index in [1.807, 2.05) is 11.6 Å². The van der Waals surface area contributed by atoms with Crippen LogP contribution in [0.25, 0.3) is 10.6 Å². The minimum Gasteiger partial charge on any atom is -0.385 e. The van der Waals surface area contributed by atoms with Crippen molar-refractivity contribution in [3.8, 4) is 10.6 Å². The Morgan fingerprint density at radius 1 is 1.11 bits per heavy atom. The van der Waals surface area contributed by atoms with E-state index in [9.17, 15) is 0 Å². The van der Waals surface area contributed by atoms with Gasteiger partial charge in [0.25, 0.3) is 0 Å². The molecule has 1 aromatic heterocycles. The zero-order valence-corrected chi connectivity index (χ0v) is 12.0. The molecule has 0 bridgehead atoms. The summed E-state index contributed by atoms with van der Waals surface area (Å²) in [4.78, 5) is 4.33. The minimum atomic E-state index is 0.868. The van der Waals surface area contributed by atoms with Crippen molar-refractivity contribution in [2.75, 3.05) is 11.9 Å². The molecule has 0 atom stereocenters. The third-order valence-corrected chi connectivity index (χ3v) is 4.71. The van der Waals surface area contributed by atoms with Gasteiger partial charge in [-0.1, -0.05) is 19.3 Å². The number of rotatable bonds is 4. The van der Waals surface area contributed by atoms with Gasteiger partial charge in [-0.05, 0) is 43.0 Å². The average Bonchev–Trinajstić information content (AvgIpc) is 3.01. The number of aromatic nitrogens is 1. The summed E-state index contributed by atoms with van der Waals surface area (Å²) in [6.45, 7) is 1.12. The van der Waals surface area contributed by atoms with Crippen LogP contribution in [0.1, 0.15) is 32.1 Å². The summed E-state index contributed by atoms with van der Waals surface area (Å²) < 4.78 is 0. The molecule has 19 heavy (non-hydrogen) atoms. The summed E-state index contributed by atoms with van der Waals surface area (Å²) >= 11 is 1.69. The maximum absolute atomic E-state index is 4.33. The van der Waals surface area contributed by atoms with Crippen LogP contribution < -0.4 is 5.32 Å². The molecular weight excluding hydrogens is 252 g/mol. The van der Waals surface area contributed by atoms with Crippen LogP contribution in [0.15, 0.2) is 35.8 Å². The van der Waals surface area contributed by atoms with E-state index in [1.165, 1.54) is 43.4 Å². The summed E-state index contributed by atoms with van der Waals surface area (Å²) in [5.41, 5.74) is 2.43. The molecule has 0 spiro atoms. The highest BCUT2D eigenvalue weighted by Gasteiger charge is 2.12. The predicted octanol–water partition coefficient (Wildman–Crippen LogP) is 4.80. The number of nitrogens with zero attached hydrogens (tertiary/aromatic N) is 1. The molecule has 1 aromatic carbocycles. The van der Waals surface area contributed by atoms with Crippen molar-refractivity contribution < 1.29 is 0 Å². The first-order valence-electron chi connectivity index (χ1n) is 7.15. The van der Waals surface area contributed by atoms with Crippen molar-refractivity contribution in [1.82, 2.24) is 4.98 Å². The molecule has 100 valence electrons. The van der Waals surface area contributed by atoms with Gasteiger partial charge in [0.2, 0.25) is 0 Å². The predicted molar refractivity (Wildman–Crippen MR) is 82.6 cm³/mol. The van der Waals surface area contributed by atoms with Crippen molar-refractivity contribution >= 4 is 17.0 Å². The lowest BCUT2D eigenvalue weighted by Gasteiger charge is -2.22. The second-order valence-electron chi connectivity index (χ2n) is 5.30. The van der Waals surface area contributed by atoms with Crippen LogP contribution in [0.3, 0.4) is 0 Å². The lowest BCUT2D eigenvalue weighted by Crippen LogP contribution is -2.16. The molecule has 3 heteroatoms. The van der Waals surface area contributed by atoms with Gasteiger partial charge in [0.15, 0.2) is 0 Å². The topological polar surface area (TPSA) is 24.9 Å². The summed E-state index contributed by atoms with van der Waals surface area (Å²) in [7, 11) is 0. The number of anilines is 1. The lowest BCUT2D eigenvalue weighted by atomic mass is 9.89. The zero-order chi connectivity index (χ0) is 12.9. The highest BCUT2D eigenvalue weighted by molar-refractivity contribution is 7.13. The standard InChI is InChI=1S/C16H20N2S/c1-2-4-13(5-3-1)12-18-15-8-6-14(7-9-15)16-17-10-11-19-16/h6-11,13,18H,1-5,12H2. The quantitative estimate of drug-likeness (QED) is 0.864. The monoisotopic (exact) mass is 272 g/mol. The summed E-state index contributed by atoms with van der Waals surface area (Å²) in [6.07, 6.45) is 8.90. The van der Waals surface area contributed by atoms with Gasteiger partial charge < -0.3 is 5.32 Å². The lowest BCUT2D eigenvalue weighted by molar-refractivity contribution is 0.373. The molecule has 0 aliphatic heterocycles. The highest BCUT2D eigenvalue weighted by Crippen LogP contribution is 2.25. The SMILES string of the molecule is c1csc(-c2ccc(NCC3CCCCC3)cc2)n1. The van der Waals surface area contributed by atoms with Crippen molar-refractivity contribution in [3.05, 3.63) is 35.8 Å². The Hall–Kier alpha value is -1.35. The first-order valence-corrected chi connectivity index (χ1v) is 8.03. The van der Waals surface area contributed by atoms with Crippen LogP contribution in [-0.2, 0) is 0 Å². The average molecular weight is 272 g/mol. The summed E-state index contributed by atoms with van der Waals surface area (Å²) in [5, 5.41) is 6.68. The number of nitrogens with one attached hydrogen (secondary N) is 1. The Labute approximate surface area is 118 Å². The van der Waals surface area contributed by atoms with Gasteiger partial charge in [-0.25, -0.2) is 4.98 Å². The number of hydrogen-bond donors (Lipinski definition) is 1. The molecule has 1 aliphatic rings. The molecule has 0 saturated heterocycles. The van der Waals surface area contributed by atoms with Crippen molar-refractivity contribution in [3.63, 3.8) is 0 Å². The van der Waals surface area contributed by atoms with Gasteiger partial charge in [0, 0.05) is 29.4 Å². The molecule has 0 unspecified atom stereocenters. The molecule has 0 radical (unpaired) electrons. The van der Waals surface area contributed by atoms with Crippen molar-refractivity contribution in [1.29, 1.82) is 0 Å². The molecule has 1 N–H and O–H groups in total. The zero-order valence-electron chi connectivity index (χ0n) is 11.1. The Morgan fingerprint density at radius 2 is 1.89 bits per heavy atom. The van der Waals surface area contributed by atoms with Gasteiger partial charge in [0.1, 0.15) is 5.01 Å². The van der Waals surface area contributed by atoms with Gasteiger partial charge in [-0.3, -0.25) is 0 Å². The van der Waals surface area contributed by atoms with E-state index in [1.54, 1.807) is 11.3 Å². The summed E-state index contributed by atoms with van der Waals surface area (Å²) in [5.74, 6) is 0.868. The fourth-order valence-corrected chi connectivity index (χ4v) is 3.39. The van der Waals surface area contributed by atoms with E-state index in [-0.39, 0.29) is 0 Å². The molecule has 2 aromatic rings. The Morgan fingerprint density at radius 3 is 2.58 bits per heavy atom.